The molecule has 9 heteroatoms. The first-order valence-electron chi connectivity index (χ1n) is 29.0. The van der Waals surface area contributed by atoms with E-state index in [2.05, 4.69) is 60.5 Å². The molecule has 5 atom stereocenters. The Morgan fingerprint density at radius 3 is 1.10 bits per heavy atom. The SMILES string of the molecule is CCCCCCCCC(CCCCCC)C(=O)O.CCCCCCCCC(CCCCCC)C(=O)O.CCCCCCCCC(CCCCCC)C(=O)OCC1CCC(OCCCN(C)C)O1. The molecule has 0 aromatic heterocycles. The molecule has 0 saturated carbocycles. The van der Waals surface area contributed by atoms with Crippen molar-refractivity contribution in [2.75, 3.05) is 33.9 Å². The monoisotopic (exact) mass is 954 g/mol. The Morgan fingerprint density at radius 2 is 0.776 bits per heavy atom. The lowest BCUT2D eigenvalue weighted by atomic mass is 9.94. The van der Waals surface area contributed by atoms with Crippen molar-refractivity contribution in [2.45, 2.75) is 304 Å². The molecular weight excluding hydrogens is 839 g/mol. The zero-order valence-electron chi connectivity index (χ0n) is 45.9. The van der Waals surface area contributed by atoms with Crippen molar-refractivity contribution in [1.82, 2.24) is 4.90 Å². The summed E-state index contributed by atoms with van der Waals surface area (Å²) < 4.78 is 17.5. The second kappa shape index (κ2) is 52.1. The minimum absolute atomic E-state index is 0.0102. The molecule has 0 aromatic rings. The van der Waals surface area contributed by atoms with Gasteiger partial charge < -0.3 is 29.3 Å². The number of carbonyl (C=O) groups excluding carboxylic acids is 1. The average Bonchev–Trinajstić information content (AvgIpc) is 3.77. The van der Waals surface area contributed by atoms with Gasteiger partial charge in [0.1, 0.15) is 6.61 Å². The Morgan fingerprint density at radius 1 is 0.463 bits per heavy atom. The van der Waals surface area contributed by atoms with Gasteiger partial charge in [0.2, 0.25) is 0 Å². The first-order chi connectivity index (χ1) is 32.5. The standard InChI is InChI=1S/C26H51NO4.2C16H32O2/c1-5-7-9-11-12-14-17-23(16-13-10-8-6-2)26(28)30-22-24-18-19-25(31-24)29-21-15-20-27(3)4;2*1-3-5-7-9-10-12-14-15(16(17)18)13-11-8-6-4-2/h23-25H,5-22H2,1-4H3;2*15H,3-14H2,1-2H3,(H,17,18). The van der Waals surface area contributed by atoms with Crippen LogP contribution >= 0.6 is 0 Å². The van der Waals surface area contributed by atoms with Crippen molar-refractivity contribution in [3.8, 4) is 0 Å². The summed E-state index contributed by atoms with van der Waals surface area (Å²) >= 11 is 0. The summed E-state index contributed by atoms with van der Waals surface area (Å²) in [4.78, 5) is 37.2. The van der Waals surface area contributed by atoms with Crippen LogP contribution in [0.4, 0.5) is 0 Å². The molecule has 1 saturated heterocycles. The second-order valence-electron chi connectivity index (χ2n) is 20.4. The van der Waals surface area contributed by atoms with Crippen LogP contribution in [0.3, 0.4) is 0 Å². The van der Waals surface area contributed by atoms with Crippen LogP contribution in [0.1, 0.15) is 292 Å². The molecule has 1 heterocycles. The quantitative estimate of drug-likeness (QED) is 0.0453. The number of hydrogen-bond donors (Lipinski definition) is 2. The van der Waals surface area contributed by atoms with E-state index in [0.717, 1.165) is 103 Å². The molecule has 1 fully saturated rings. The third kappa shape index (κ3) is 46.4. The smallest absolute Gasteiger partial charge is 0.309 e. The number of hydrogen-bond acceptors (Lipinski definition) is 7. The first kappa shape index (κ1) is 67.4. The predicted molar refractivity (Wildman–Crippen MR) is 284 cm³/mol. The highest BCUT2D eigenvalue weighted by atomic mass is 16.7. The number of esters is 1. The summed E-state index contributed by atoms with van der Waals surface area (Å²) in [6.45, 7) is 15.4. The Balaban J connectivity index is 0. The number of carboxylic acids is 2. The van der Waals surface area contributed by atoms with E-state index in [-0.39, 0.29) is 36.1 Å². The van der Waals surface area contributed by atoms with E-state index in [1.165, 1.54) is 154 Å². The van der Waals surface area contributed by atoms with E-state index >= 15 is 0 Å². The third-order valence-corrected chi connectivity index (χ3v) is 13.5. The van der Waals surface area contributed by atoms with Gasteiger partial charge in [0.05, 0.1) is 30.5 Å². The lowest BCUT2D eigenvalue weighted by Gasteiger charge is -2.19. The van der Waals surface area contributed by atoms with Crippen molar-refractivity contribution in [3.63, 3.8) is 0 Å². The maximum atomic E-state index is 12.8. The molecule has 0 bridgehead atoms. The maximum Gasteiger partial charge on any atom is 0.309 e. The second-order valence-corrected chi connectivity index (χ2v) is 20.4. The summed E-state index contributed by atoms with van der Waals surface area (Å²) in [6.07, 6.45) is 44.9. The Kier molecular flexibility index (Phi) is 52.4. The van der Waals surface area contributed by atoms with Crippen molar-refractivity contribution in [2.24, 2.45) is 17.8 Å². The Bertz CT molecular complexity index is 1010. The van der Waals surface area contributed by atoms with Crippen LogP contribution in [0.2, 0.25) is 0 Å². The molecular formula is C58H115NO8. The van der Waals surface area contributed by atoms with Crippen LogP contribution in [0, 0.1) is 17.8 Å². The van der Waals surface area contributed by atoms with Crippen LogP contribution in [-0.2, 0) is 28.6 Å². The van der Waals surface area contributed by atoms with E-state index in [9.17, 15) is 24.6 Å². The lowest BCUT2D eigenvalue weighted by Crippen LogP contribution is -2.25. The van der Waals surface area contributed by atoms with Crippen molar-refractivity contribution in [1.29, 1.82) is 0 Å². The third-order valence-electron chi connectivity index (χ3n) is 13.5. The fourth-order valence-electron chi connectivity index (χ4n) is 8.93. The van der Waals surface area contributed by atoms with E-state index in [0.29, 0.717) is 13.2 Å². The van der Waals surface area contributed by atoms with E-state index in [1.807, 2.05) is 0 Å². The summed E-state index contributed by atoms with van der Waals surface area (Å²) in [6, 6.07) is 0. The highest BCUT2D eigenvalue weighted by molar-refractivity contribution is 5.72. The molecule has 0 aromatic carbocycles. The molecule has 1 rings (SSSR count). The normalized spacial score (nSPS) is 15.9. The van der Waals surface area contributed by atoms with Gasteiger partial charge in [0.25, 0.3) is 0 Å². The van der Waals surface area contributed by atoms with E-state index < -0.39 is 11.9 Å². The molecule has 0 radical (unpaired) electrons. The lowest BCUT2D eigenvalue weighted by molar-refractivity contribution is -0.164. The average molecular weight is 955 g/mol. The van der Waals surface area contributed by atoms with Gasteiger partial charge in [-0.25, -0.2) is 0 Å². The Labute approximate surface area is 416 Å². The van der Waals surface area contributed by atoms with Crippen molar-refractivity contribution in [3.05, 3.63) is 0 Å². The minimum atomic E-state index is -0.583. The predicted octanol–water partition coefficient (Wildman–Crippen LogP) is 17.2. The number of ether oxygens (including phenoxy) is 3. The van der Waals surface area contributed by atoms with E-state index in [1.54, 1.807) is 0 Å². The molecule has 1 aliphatic rings. The fraction of sp³-hybridized carbons (Fsp3) is 0.948. The number of unbranched alkanes of at least 4 members (excludes halogenated alkanes) is 24. The topological polar surface area (TPSA) is 123 Å². The molecule has 67 heavy (non-hydrogen) atoms. The molecule has 0 aliphatic carbocycles. The van der Waals surface area contributed by atoms with Crippen LogP contribution in [0.15, 0.2) is 0 Å². The van der Waals surface area contributed by atoms with Crippen LogP contribution in [-0.4, -0.2) is 79.3 Å². The van der Waals surface area contributed by atoms with Crippen LogP contribution in [0.25, 0.3) is 0 Å². The first-order valence-corrected chi connectivity index (χ1v) is 29.0. The molecule has 2 N–H and O–H groups in total. The zero-order valence-corrected chi connectivity index (χ0v) is 45.9. The van der Waals surface area contributed by atoms with Crippen molar-refractivity contribution >= 4 is 17.9 Å². The number of carbonyl (C=O) groups is 3. The van der Waals surface area contributed by atoms with Gasteiger partial charge >= 0.3 is 17.9 Å². The number of rotatable bonds is 46. The van der Waals surface area contributed by atoms with Gasteiger partial charge in [0, 0.05) is 6.42 Å². The molecule has 400 valence electrons. The van der Waals surface area contributed by atoms with Gasteiger partial charge in [-0.1, -0.05) is 234 Å². The molecule has 0 spiro atoms. The summed E-state index contributed by atoms with van der Waals surface area (Å²) in [5, 5.41) is 18.3. The number of carboxylic acid groups (broad SMARTS) is 2. The Hall–Kier alpha value is -1.71. The van der Waals surface area contributed by atoms with E-state index in [4.69, 9.17) is 14.2 Å². The van der Waals surface area contributed by atoms with Gasteiger partial charge in [0.15, 0.2) is 6.29 Å². The number of nitrogens with zero attached hydrogens (tertiary/aromatic N) is 1. The molecule has 1 aliphatic heterocycles. The summed E-state index contributed by atoms with van der Waals surface area (Å²) in [7, 11) is 4.14. The molecule has 9 nitrogen and oxygen atoms in total. The van der Waals surface area contributed by atoms with Gasteiger partial charge in [-0.2, -0.15) is 0 Å². The largest absolute Gasteiger partial charge is 0.481 e. The highest BCUT2D eigenvalue weighted by Gasteiger charge is 2.28. The summed E-state index contributed by atoms with van der Waals surface area (Å²) in [5.74, 6) is -1.30. The van der Waals surface area contributed by atoms with Crippen molar-refractivity contribution < 1.29 is 38.8 Å². The molecule has 0 amide bonds. The maximum absolute atomic E-state index is 12.8. The van der Waals surface area contributed by atoms with Crippen LogP contribution in [0.5, 0.6) is 0 Å². The number of aliphatic carboxylic acids is 2. The highest BCUT2D eigenvalue weighted by Crippen LogP contribution is 2.25. The summed E-state index contributed by atoms with van der Waals surface area (Å²) in [5.41, 5.74) is 0. The zero-order chi connectivity index (χ0) is 50.0. The fourth-order valence-corrected chi connectivity index (χ4v) is 8.93. The van der Waals surface area contributed by atoms with Gasteiger partial charge in [-0.3, -0.25) is 14.4 Å². The van der Waals surface area contributed by atoms with Crippen LogP contribution < -0.4 is 0 Å². The minimum Gasteiger partial charge on any atom is -0.481 e. The van der Waals surface area contributed by atoms with Gasteiger partial charge in [-0.15, -0.1) is 0 Å². The molecule has 5 unspecified atom stereocenters. The van der Waals surface area contributed by atoms with Gasteiger partial charge in [-0.05, 0) is 72.0 Å².